The molecule has 0 aliphatic carbocycles. The Balaban J connectivity index is 1.56. The maximum absolute atomic E-state index is 13.9. The van der Waals surface area contributed by atoms with Crippen LogP contribution in [0.1, 0.15) is 21.5 Å². The minimum absolute atomic E-state index is 0.172. The van der Waals surface area contributed by atoms with Crippen molar-refractivity contribution >= 4 is 11.6 Å². The van der Waals surface area contributed by atoms with Crippen molar-refractivity contribution in [1.29, 1.82) is 0 Å². The van der Waals surface area contributed by atoms with Crippen molar-refractivity contribution in [2.75, 3.05) is 26.6 Å². The van der Waals surface area contributed by atoms with E-state index in [1.165, 1.54) is 13.2 Å². The van der Waals surface area contributed by atoms with E-state index >= 15 is 0 Å². The van der Waals surface area contributed by atoms with Gasteiger partial charge in [-0.15, -0.1) is 0 Å². The Morgan fingerprint density at radius 1 is 0.900 bits per heavy atom. The molecule has 156 valence electrons. The van der Waals surface area contributed by atoms with Crippen LogP contribution in [0.2, 0.25) is 0 Å². The van der Waals surface area contributed by atoms with E-state index in [0.29, 0.717) is 24.3 Å². The monoisotopic (exact) mass is 408 g/mol. The van der Waals surface area contributed by atoms with Gasteiger partial charge in [0.25, 0.3) is 5.91 Å². The first-order chi connectivity index (χ1) is 14.5. The average molecular weight is 408 g/mol. The van der Waals surface area contributed by atoms with E-state index in [4.69, 9.17) is 9.47 Å². The van der Waals surface area contributed by atoms with Crippen molar-refractivity contribution in [3.05, 3.63) is 89.2 Å². The lowest BCUT2D eigenvalue weighted by molar-refractivity contribution is 0.102. The highest BCUT2D eigenvalue weighted by Crippen LogP contribution is 2.19. The number of carbonyl (C=O) groups is 1. The number of rotatable bonds is 8. The number of carbonyl (C=O) groups excluding carboxylic acids is 1. The summed E-state index contributed by atoms with van der Waals surface area (Å²) in [5.41, 5.74) is 3.21. The number of methoxy groups -OCH3 is 2. The lowest BCUT2D eigenvalue weighted by atomic mass is 10.1. The maximum Gasteiger partial charge on any atom is 0.255 e. The third-order valence-electron chi connectivity index (χ3n) is 4.69. The number of hydrogen-bond donors (Lipinski definition) is 1. The predicted octanol–water partition coefficient (Wildman–Crippen LogP) is 4.73. The molecule has 1 amide bonds. The molecule has 0 saturated heterocycles. The van der Waals surface area contributed by atoms with Crippen LogP contribution in [0.15, 0.2) is 66.7 Å². The van der Waals surface area contributed by atoms with Crippen LogP contribution in [0.4, 0.5) is 10.1 Å². The molecule has 0 aromatic heterocycles. The summed E-state index contributed by atoms with van der Waals surface area (Å²) in [7, 11) is 5.01. The molecular formula is C24H25FN2O3. The topological polar surface area (TPSA) is 50.8 Å². The van der Waals surface area contributed by atoms with Gasteiger partial charge >= 0.3 is 0 Å². The van der Waals surface area contributed by atoms with Crippen LogP contribution in [-0.4, -0.2) is 32.1 Å². The molecule has 0 unspecified atom stereocenters. The third-order valence-corrected chi connectivity index (χ3v) is 4.69. The van der Waals surface area contributed by atoms with E-state index in [1.807, 2.05) is 25.2 Å². The fourth-order valence-corrected chi connectivity index (χ4v) is 3.13. The fourth-order valence-electron chi connectivity index (χ4n) is 3.13. The number of nitrogens with one attached hydrogen (secondary N) is 1. The second-order valence-electron chi connectivity index (χ2n) is 7.02. The summed E-state index contributed by atoms with van der Waals surface area (Å²) in [4.78, 5) is 14.5. The first kappa shape index (κ1) is 21.3. The van der Waals surface area contributed by atoms with Crippen molar-refractivity contribution in [2.24, 2.45) is 0 Å². The minimum atomic E-state index is -0.365. The normalized spacial score (nSPS) is 10.7. The first-order valence-corrected chi connectivity index (χ1v) is 9.54. The zero-order valence-corrected chi connectivity index (χ0v) is 17.3. The lowest BCUT2D eigenvalue weighted by Gasteiger charge is -2.17. The standard InChI is InChI=1S/C24H25FN2O3/c1-27(16-18-6-13-23(30-3)22(25)14-18)15-17-4-7-19(8-5-17)24(28)26-20-9-11-21(29-2)12-10-20/h4-14H,15-16H2,1-3H3,(H,26,28). The number of benzene rings is 3. The van der Waals surface area contributed by atoms with Crippen molar-refractivity contribution in [2.45, 2.75) is 13.1 Å². The molecule has 3 rings (SSSR count). The van der Waals surface area contributed by atoms with Gasteiger partial charge in [-0.1, -0.05) is 18.2 Å². The SMILES string of the molecule is COc1ccc(NC(=O)c2ccc(CN(C)Cc3ccc(OC)c(F)c3)cc2)cc1. The Morgan fingerprint density at radius 3 is 2.13 bits per heavy atom. The summed E-state index contributed by atoms with van der Waals surface area (Å²) < 4.78 is 23.9. The summed E-state index contributed by atoms with van der Waals surface area (Å²) in [6, 6.07) is 19.6. The van der Waals surface area contributed by atoms with Gasteiger partial charge in [-0.05, 0) is 66.7 Å². The summed E-state index contributed by atoms with van der Waals surface area (Å²) in [6.45, 7) is 1.27. The van der Waals surface area contributed by atoms with E-state index in [-0.39, 0.29) is 17.5 Å². The van der Waals surface area contributed by atoms with Gasteiger partial charge in [0.05, 0.1) is 14.2 Å². The highest BCUT2D eigenvalue weighted by atomic mass is 19.1. The summed E-state index contributed by atoms with van der Waals surface area (Å²) >= 11 is 0. The summed E-state index contributed by atoms with van der Waals surface area (Å²) in [6.07, 6.45) is 0. The van der Waals surface area contributed by atoms with Gasteiger partial charge in [-0.25, -0.2) is 4.39 Å². The Labute approximate surface area is 176 Å². The minimum Gasteiger partial charge on any atom is -0.497 e. The van der Waals surface area contributed by atoms with Crippen LogP contribution in [0.3, 0.4) is 0 Å². The van der Waals surface area contributed by atoms with Crippen LogP contribution in [0.25, 0.3) is 0 Å². The fraction of sp³-hybridized carbons (Fsp3) is 0.208. The van der Waals surface area contributed by atoms with E-state index in [2.05, 4.69) is 10.2 Å². The van der Waals surface area contributed by atoms with Crippen molar-refractivity contribution in [1.82, 2.24) is 4.90 Å². The van der Waals surface area contributed by atoms with Crippen molar-refractivity contribution in [3.63, 3.8) is 0 Å². The molecule has 0 radical (unpaired) electrons. The van der Waals surface area contributed by atoms with E-state index in [1.54, 1.807) is 49.6 Å². The highest BCUT2D eigenvalue weighted by Gasteiger charge is 2.09. The van der Waals surface area contributed by atoms with Gasteiger partial charge in [0.1, 0.15) is 5.75 Å². The molecule has 30 heavy (non-hydrogen) atoms. The van der Waals surface area contributed by atoms with E-state index in [9.17, 15) is 9.18 Å². The van der Waals surface area contributed by atoms with E-state index < -0.39 is 0 Å². The van der Waals surface area contributed by atoms with Crippen molar-refractivity contribution < 1.29 is 18.7 Å². The molecule has 0 spiro atoms. The van der Waals surface area contributed by atoms with Gasteiger partial charge in [0.2, 0.25) is 0 Å². The van der Waals surface area contributed by atoms with Gasteiger partial charge in [0, 0.05) is 24.3 Å². The smallest absolute Gasteiger partial charge is 0.255 e. The molecule has 5 nitrogen and oxygen atoms in total. The molecule has 3 aromatic rings. The average Bonchev–Trinajstić information content (AvgIpc) is 2.75. The van der Waals surface area contributed by atoms with Gasteiger partial charge in [-0.2, -0.15) is 0 Å². The van der Waals surface area contributed by atoms with Gasteiger partial charge < -0.3 is 14.8 Å². The number of nitrogens with zero attached hydrogens (tertiary/aromatic N) is 1. The molecule has 0 saturated carbocycles. The van der Waals surface area contributed by atoms with Crippen LogP contribution in [-0.2, 0) is 13.1 Å². The molecule has 3 aromatic carbocycles. The van der Waals surface area contributed by atoms with Crippen LogP contribution < -0.4 is 14.8 Å². The number of halogens is 1. The molecule has 6 heteroatoms. The second kappa shape index (κ2) is 9.89. The molecule has 0 aliphatic heterocycles. The number of ether oxygens (including phenoxy) is 2. The lowest BCUT2D eigenvalue weighted by Crippen LogP contribution is -2.17. The van der Waals surface area contributed by atoms with Gasteiger partial charge in [0.15, 0.2) is 11.6 Å². The second-order valence-corrected chi connectivity index (χ2v) is 7.02. The van der Waals surface area contributed by atoms with Crippen molar-refractivity contribution in [3.8, 4) is 11.5 Å². The molecule has 0 atom stereocenters. The number of anilines is 1. The summed E-state index contributed by atoms with van der Waals surface area (Å²) in [5.74, 6) is 0.438. The Kier molecular flexibility index (Phi) is 7.03. The predicted molar refractivity (Wildman–Crippen MR) is 116 cm³/mol. The van der Waals surface area contributed by atoms with Crippen LogP contribution >= 0.6 is 0 Å². The summed E-state index contributed by atoms with van der Waals surface area (Å²) in [5, 5.41) is 2.87. The van der Waals surface area contributed by atoms with Crippen LogP contribution in [0, 0.1) is 5.82 Å². The zero-order chi connectivity index (χ0) is 21.5. The van der Waals surface area contributed by atoms with E-state index in [0.717, 1.165) is 16.9 Å². The number of hydrogen-bond acceptors (Lipinski definition) is 4. The Bertz CT molecular complexity index is 988. The Hall–Kier alpha value is -3.38. The first-order valence-electron chi connectivity index (χ1n) is 9.54. The molecule has 0 aliphatic rings. The number of amides is 1. The molecule has 1 N–H and O–H groups in total. The van der Waals surface area contributed by atoms with Gasteiger partial charge in [-0.3, -0.25) is 9.69 Å². The third kappa shape index (κ3) is 5.58. The quantitative estimate of drug-likeness (QED) is 0.586. The highest BCUT2D eigenvalue weighted by molar-refractivity contribution is 6.04. The molecule has 0 bridgehead atoms. The zero-order valence-electron chi connectivity index (χ0n) is 17.3. The molecular weight excluding hydrogens is 383 g/mol. The van der Waals surface area contributed by atoms with Crippen LogP contribution in [0.5, 0.6) is 11.5 Å². The molecule has 0 heterocycles. The molecule has 0 fully saturated rings. The largest absolute Gasteiger partial charge is 0.497 e. The maximum atomic E-state index is 13.9. The Morgan fingerprint density at radius 2 is 1.53 bits per heavy atom.